The molecule has 1 unspecified atom stereocenters. The average Bonchev–Trinajstić information content (AvgIpc) is 3.81. The SMILES string of the molecule is Cc1c(Cl)cc(C(C)n2nc(C)c3c(N)ncnc32)c(OCC2CC2)c1-c1ccc(C(=N)N(C)C)nc1.O=C(O)C(F)(F)F.O=C(O)C(F)(F)F. The van der Waals surface area contributed by atoms with Gasteiger partial charge in [0.25, 0.3) is 0 Å². The number of alkyl halides is 6. The Morgan fingerprint density at radius 2 is 1.65 bits per heavy atom. The molecule has 1 aliphatic carbocycles. The third-order valence-corrected chi connectivity index (χ3v) is 7.79. The van der Waals surface area contributed by atoms with Crippen LogP contribution in [0.1, 0.15) is 48.3 Å². The molecule has 1 atom stereocenters. The lowest BCUT2D eigenvalue weighted by atomic mass is 9.94. The van der Waals surface area contributed by atoms with Gasteiger partial charge in [-0.25, -0.2) is 24.2 Å². The molecule has 276 valence electrons. The summed E-state index contributed by atoms with van der Waals surface area (Å²) in [7, 11) is 3.66. The third-order valence-electron chi connectivity index (χ3n) is 7.40. The molecule has 0 aliphatic heterocycles. The van der Waals surface area contributed by atoms with E-state index in [1.807, 2.05) is 50.8 Å². The molecule has 0 saturated heterocycles. The number of hydrogen-bond acceptors (Lipinski definition) is 9. The highest BCUT2D eigenvalue weighted by Gasteiger charge is 2.39. The summed E-state index contributed by atoms with van der Waals surface area (Å²) < 4.78 is 71.9. The van der Waals surface area contributed by atoms with E-state index in [1.54, 1.807) is 11.1 Å². The van der Waals surface area contributed by atoms with Crippen LogP contribution in [0.4, 0.5) is 32.2 Å². The molecule has 1 saturated carbocycles. The van der Waals surface area contributed by atoms with Crippen LogP contribution in [0, 0.1) is 25.2 Å². The molecule has 5 N–H and O–H groups in total. The number of aromatic nitrogens is 5. The van der Waals surface area contributed by atoms with Crippen LogP contribution in [0.25, 0.3) is 22.2 Å². The zero-order valence-corrected chi connectivity index (χ0v) is 28.4. The number of amidine groups is 1. The second kappa shape index (κ2) is 15.8. The van der Waals surface area contributed by atoms with Crippen molar-refractivity contribution in [1.82, 2.24) is 29.6 Å². The van der Waals surface area contributed by atoms with Crippen molar-refractivity contribution in [2.24, 2.45) is 5.92 Å². The van der Waals surface area contributed by atoms with Crippen LogP contribution < -0.4 is 10.5 Å². The van der Waals surface area contributed by atoms with E-state index in [2.05, 4.69) is 21.9 Å². The first-order chi connectivity index (χ1) is 23.6. The number of rotatable bonds is 7. The first-order valence-electron chi connectivity index (χ1n) is 14.8. The number of benzene rings is 1. The normalized spacial score (nSPS) is 13.3. The number of pyridine rings is 1. The summed E-state index contributed by atoms with van der Waals surface area (Å²) in [6, 6.07) is 5.55. The van der Waals surface area contributed by atoms with Crippen LogP contribution in [-0.2, 0) is 9.59 Å². The van der Waals surface area contributed by atoms with Crippen LogP contribution in [0.3, 0.4) is 0 Å². The minimum atomic E-state index is -5.08. The van der Waals surface area contributed by atoms with Gasteiger partial charge in [0.2, 0.25) is 0 Å². The zero-order valence-electron chi connectivity index (χ0n) is 27.7. The van der Waals surface area contributed by atoms with Crippen LogP contribution >= 0.6 is 11.6 Å². The van der Waals surface area contributed by atoms with Gasteiger partial charge in [0.05, 0.1) is 23.7 Å². The Morgan fingerprint density at radius 3 is 2.12 bits per heavy atom. The summed E-state index contributed by atoms with van der Waals surface area (Å²) >= 11 is 6.83. The molecule has 0 amide bonds. The summed E-state index contributed by atoms with van der Waals surface area (Å²) in [4.78, 5) is 32.7. The highest BCUT2D eigenvalue weighted by atomic mass is 35.5. The predicted molar refractivity (Wildman–Crippen MR) is 174 cm³/mol. The van der Waals surface area contributed by atoms with Gasteiger partial charge in [-0.3, -0.25) is 10.4 Å². The molecule has 5 rings (SSSR count). The summed E-state index contributed by atoms with van der Waals surface area (Å²) in [6.07, 6.45) is -4.58. The third kappa shape index (κ3) is 9.95. The van der Waals surface area contributed by atoms with E-state index in [-0.39, 0.29) is 6.04 Å². The summed E-state index contributed by atoms with van der Waals surface area (Å²) in [5.41, 5.74) is 11.8. The molecule has 51 heavy (non-hydrogen) atoms. The Morgan fingerprint density at radius 1 is 1.08 bits per heavy atom. The lowest BCUT2D eigenvalue weighted by Gasteiger charge is -2.23. The molecule has 0 spiro atoms. The molecule has 1 aliphatic rings. The number of nitrogen functional groups attached to an aromatic ring is 1. The van der Waals surface area contributed by atoms with E-state index in [4.69, 9.17) is 52.4 Å². The molecule has 13 nitrogen and oxygen atoms in total. The second-order valence-electron chi connectivity index (χ2n) is 11.5. The number of carbonyl (C=O) groups is 2. The number of aliphatic carboxylic acids is 2. The molecule has 0 bridgehead atoms. The van der Waals surface area contributed by atoms with Gasteiger partial charge in [-0.05, 0) is 57.2 Å². The number of carboxylic acids is 2. The van der Waals surface area contributed by atoms with Crippen molar-refractivity contribution in [3.8, 4) is 16.9 Å². The summed E-state index contributed by atoms with van der Waals surface area (Å²) in [6.45, 7) is 6.59. The number of nitrogens with zero attached hydrogens (tertiary/aromatic N) is 6. The van der Waals surface area contributed by atoms with E-state index in [1.165, 1.54) is 19.2 Å². The van der Waals surface area contributed by atoms with Crippen molar-refractivity contribution in [1.29, 1.82) is 5.41 Å². The summed E-state index contributed by atoms with van der Waals surface area (Å²) in [5.74, 6) is -3.44. The van der Waals surface area contributed by atoms with Crippen molar-refractivity contribution < 1.29 is 50.9 Å². The minimum absolute atomic E-state index is 0.245. The van der Waals surface area contributed by atoms with Crippen LogP contribution in [0.5, 0.6) is 5.75 Å². The Bertz CT molecular complexity index is 1890. The maximum atomic E-state index is 10.6. The fourth-order valence-corrected chi connectivity index (χ4v) is 4.74. The number of carboxylic acid groups (broad SMARTS) is 2. The van der Waals surface area contributed by atoms with Gasteiger partial charge in [-0.1, -0.05) is 17.7 Å². The van der Waals surface area contributed by atoms with Crippen LogP contribution in [0.2, 0.25) is 5.02 Å². The molecular weight excluding hydrogens is 714 g/mol. The number of fused-ring (bicyclic) bond motifs is 1. The maximum Gasteiger partial charge on any atom is 0.490 e. The van der Waals surface area contributed by atoms with Crippen molar-refractivity contribution in [3.63, 3.8) is 0 Å². The molecule has 0 radical (unpaired) electrons. The van der Waals surface area contributed by atoms with Gasteiger partial charge in [0, 0.05) is 42.0 Å². The van der Waals surface area contributed by atoms with Gasteiger partial charge in [0.1, 0.15) is 29.4 Å². The predicted octanol–water partition coefficient (Wildman–Crippen LogP) is 6.29. The zero-order chi connectivity index (χ0) is 38.6. The molecule has 3 aromatic heterocycles. The van der Waals surface area contributed by atoms with E-state index in [9.17, 15) is 26.3 Å². The lowest BCUT2D eigenvalue weighted by Crippen LogP contribution is -2.22. The molecule has 4 aromatic rings. The number of hydrogen-bond donors (Lipinski definition) is 4. The Hall–Kier alpha value is -5.20. The van der Waals surface area contributed by atoms with Crippen LogP contribution in [0.15, 0.2) is 30.7 Å². The van der Waals surface area contributed by atoms with Crippen molar-refractivity contribution in [2.75, 3.05) is 26.4 Å². The van der Waals surface area contributed by atoms with Crippen molar-refractivity contribution in [3.05, 3.63) is 58.3 Å². The van der Waals surface area contributed by atoms with Crippen molar-refractivity contribution in [2.45, 2.75) is 52.0 Å². The standard InChI is InChI=1S/C27H31ClN8O.2C2HF3O2/c1-14-20(28)10-19(16(3)36-27-23(15(2)34-36)25(29)32-13-33-27)24(37-12-17-6-7-17)22(14)18-8-9-21(31-11-18)26(30)35(4)5;2*3-2(4,5)1(6)7/h8-11,13,16-17,30H,6-7,12H2,1-5H3,(H2,29,32,33);2*(H,6,7). The van der Waals surface area contributed by atoms with E-state index >= 15 is 0 Å². The first-order valence-corrected chi connectivity index (χ1v) is 15.2. The molecule has 1 fully saturated rings. The topological polar surface area (TPSA) is 193 Å². The number of ether oxygens (including phenoxy) is 1. The van der Waals surface area contributed by atoms with Gasteiger partial charge >= 0.3 is 24.3 Å². The average molecular weight is 747 g/mol. The Kier molecular flexibility index (Phi) is 12.4. The molecule has 3 heterocycles. The van der Waals surface area contributed by atoms with E-state index in [0.717, 1.165) is 39.1 Å². The fourth-order valence-electron chi connectivity index (χ4n) is 4.53. The lowest BCUT2D eigenvalue weighted by molar-refractivity contribution is -0.193. The Labute approximate surface area is 291 Å². The number of halogens is 7. The van der Waals surface area contributed by atoms with Gasteiger partial charge < -0.3 is 25.6 Å². The van der Waals surface area contributed by atoms with E-state index in [0.29, 0.717) is 40.5 Å². The number of nitrogens with two attached hydrogens (primary N) is 1. The highest BCUT2D eigenvalue weighted by Crippen LogP contribution is 2.44. The summed E-state index contributed by atoms with van der Waals surface area (Å²) in [5, 5.41) is 28.7. The quantitative estimate of drug-likeness (QED) is 0.0943. The van der Waals surface area contributed by atoms with Crippen molar-refractivity contribution >= 4 is 46.2 Å². The number of nitrogens with one attached hydrogen (secondary N) is 1. The van der Waals surface area contributed by atoms with Crippen LogP contribution in [-0.4, -0.2) is 90.7 Å². The monoisotopic (exact) mass is 746 g/mol. The fraction of sp³-hybridized carbons (Fsp3) is 0.387. The van der Waals surface area contributed by atoms with E-state index < -0.39 is 24.3 Å². The number of aryl methyl sites for hydroxylation is 1. The van der Waals surface area contributed by atoms with Gasteiger partial charge in [-0.2, -0.15) is 31.4 Å². The minimum Gasteiger partial charge on any atom is -0.492 e. The maximum absolute atomic E-state index is 10.6. The highest BCUT2D eigenvalue weighted by molar-refractivity contribution is 6.32. The molecule has 1 aromatic carbocycles. The first kappa shape index (κ1) is 40.2. The molecule has 20 heteroatoms. The van der Waals surface area contributed by atoms with Gasteiger partial charge in [-0.15, -0.1) is 0 Å². The largest absolute Gasteiger partial charge is 0.492 e. The number of anilines is 1. The van der Waals surface area contributed by atoms with Gasteiger partial charge in [0.15, 0.2) is 5.65 Å². The second-order valence-corrected chi connectivity index (χ2v) is 11.9. The Balaban J connectivity index is 0.000000424. The molecular formula is C31H33ClF6N8O5. The smallest absolute Gasteiger partial charge is 0.490 e.